The van der Waals surface area contributed by atoms with Gasteiger partial charge in [-0.15, -0.1) is 24.0 Å². The Labute approximate surface area is 193 Å². The first kappa shape index (κ1) is 26.0. The number of guanidine groups is 1. The molecule has 0 spiro atoms. The first-order chi connectivity index (χ1) is 13.7. The molecule has 166 valence electrons. The van der Waals surface area contributed by atoms with Gasteiger partial charge in [0.15, 0.2) is 5.96 Å². The van der Waals surface area contributed by atoms with Gasteiger partial charge in [-0.05, 0) is 51.8 Å². The fraction of sp³-hybridized carbons (Fsp3) is 0.682. The molecule has 1 aromatic rings. The highest BCUT2D eigenvalue weighted by atomic mass is 127. The molecule has 1 aliphatic carbocycles. The summed E-state index contributed by atoms with van der Waals surface area (Å²) in [5.41, 5.74) is 2.27. The predicted octanol–water partition coefficient (Wildman–Crippen LogP) is 3.57. The summed E-state index contributed by atoms with van der Waals surface area (Å²) in [6.07, 6.45) is 2.70. The van der Waals surface area contributed by atoms with Gasteiger partial charge < -0.3 is 20.1 Å². The largest absolute Gasteiger partial charge is 0.491 e. The minimum atomic E-state index is 0. The van der Waals surface area contributed by atoms with Crippen LogP contribution in [0.25, 0.3) is 0 Å². The Bertz CT molecular complexity index is 608. The molecule has 0 unspecified atom stereocenters. The van der Waals surface area contributed by atoms with Gasteiger partial charge in [-0.3, -0.25) is 4.90 Å². The SMILES string of the molecule is CCNC(=NCc1ccc(C)cc1OCCOCC)NCCN(CC)C1CC1.I. The van der Waals surface area contributed by atoms with Gasteiger partial charge in [-0.25, -0.2) is 4.99 Å². The first-order valence-electron chi connectivity index (χ1n) is 10.7. The highest BCUT2D eigenvalue weighted by molar-refractivity contribution is 14.0. The molecule has 0 aromatic heterocycles. The molecular formula is C22H39IN4O2. The van der Waals surface area contributed by atoms with Crippen molar-refractivity contribution in [1.82, 2.24) is 15.5 Å². The fourth-order valence-electron chi connectivity index (χ4n) is 3.14. The zero-order valence-electron chi connectivity index (χ0n) is 18.5. The quantitative estimate of drug-likeness (QED) is 0.181. The minimum Gasteiger partial charge on any atom is -0.491 e. The van der Waals surface area contributed by atoms with E-state index >= 15 is 0 Å². The fourth-order valence-corrected chi connectivity index (χ4v) is 3.14. The van der Waals surface area contributed by atoms with E-state index in [-0.39, 0.29) is 24.0 Å². The van der Waals surface area contributed by atoms with Crippen molar-refractivity contribution in [1.29, 1.82) is 0 Å². The second-order valence-electron chi connectivity index (χ2n) is 7.14. The number of ether oxygens (including phenoxy) is 2. The van der Waals surface area contributed by atoms with Gasteiger partial charge in [0.05, 0.1) is 13.2 Å². The highest BCUT2D eigenvalue weighted by Gasteiger charge is 2.27. The zero-order chi connectivity index (χ0) is 20.2. The average Bonchev–Trinajstić information content (AvgIpc) is 3.53. The molecule has 1 aromatic carbocycles. The number of benzene rings is 1. The molecule has 29 heavy (non-hydrogen) atoms. The standard InChI is InChI=1S/C22H38N4O2.HI/c1-5-23-22(24-12-13-26(6-2)20-10-11-20)25-17-19-9-8-18(4)16-21(19)28-15-14-27-7-3;/h8-9,16,20H,5-7,10-15,17H2,1-4H3,(H2,23,24,25);1H. The van der Waals surface area contributed by atoms with Crippen molar-refractivity contribution < 1.29 is 9.47 Å². The molecular weight excluding hydrogens is 479 g/mol. The second kappa shape index (κ2) is 14.8. The van der Waals surface area contributed by atoms with Gasteiger partial charge in [0.2, 0.25) is 0 Å². The van der Waals surface area contributed by atoms with Gasteiger partial charge in [-0.2, -0.15) is 0 Å². The number of nitrogens with one attached hydrogen (secondary N) is 2. The van der Waals surface area contributed by atoms with Crippen molar-refractivity contribution in [3.8, 4) is 5.75 Å². The normalized spacial score (nSPS) is 13.9. The lowest BCUT2D eigenvalue weighted by molar-refractivity contribution is 0.110. The van der Waals surface area contributed by atoms with E-state index < -0.39 is 0 Å². The molecule has 0 saturated heterocycles. The van der Waals surface area contributed by atoms with Crippen LogP contribution in [0, 0.1) is 6.92 Å². The molecule has 0 bridgehead atoms. The maximum Gasteiger partial charge on any atom is 0.191 e. The third-order valence-electron chi connectivity index (χ3n) is 4.82. The number of halogens is 1. The third-order valence-corrected chi connectivity index (χ3v) is 4.82. The smallest absolute Gasteiger partial charge is 0.191 e. The lowest BCUT2D eigenvalue weighted by Crippen LogP contribution is -2.42. The van der Waals surface area contributed by atoms with Crippen molar-refractivity contribution in [2.75, 3.05) is 46.0 Å². The van der Waals surface area contributed by atoms with Crippen molar-refractivity contribution in [2.45, 2.75) is 53.1 Å². The first-order valence-corrected chi connectivity index (χ1v) is 10.7. The summed E-state index contributed by atoms with van der Waals surface area (Å²) in [5, 5.41) is 6.81. The average molecular weight is 518 g/mol. The van der Waals surface area contributed by atoms with Crippen LogP contribution in [-0.4, -0.2) is 62.9 Å². The number of aliphatic imine (C=N–C) groups is 1. The van der Waals surface area contributed by atoms with Gasteiger partial charge in [0.25, 0.3) is 0 Å². The van der Waals surface area contributed by atoms with Crippen LogP contribution < -0.4 is 15.4 Å². The van der Waals surface area contributed by atoms with Crippen LogP contribution >= 0.6 is 24.0 Å². The molecule has 1 fully saturated rings. The molecule has 1 aliphatic rings. The van der Waals surface area contributed by atoms with E-state index in [1.54, 1.807) is 0 Å². The maximum absolute atomic E-state index is 5.93. The van der Waals surface area contributed by atoms with Crippen LogP contribution in [0.5, 0.6) is 5.75 Å². The molecule has 7 heteroatoms. The number of likely N-dealkylation sites (N-methyl/N-ethyl adjacent to an activating group) is 1. The molecule has 1 saturated carbocycles. The summed E-state index contributed by atoms with van der Waals surface area (Å²) in [6.45, 7) is 14.8. The Morgan fingerprint density at radius 3 is 2.62 bits per heavy atom. The van der Waals surface area contributed by atoms with Crippen LogP contribution in [0.4, 0.5) is 0 Å². The number of hydrogen-bond donors (Lipinski definition) is 2. The van der Waals surface area contributed by atoms with E-state index in [1.165, 1.54) is 18.4 Å². The summed E-state index contributed by atoms with van der Waals surface area (Å²) >= 11 is 0. The van der Waals surface area contributed by atoms with Crippen LogP contribution in [0.1, 0.15) is 44.7 Å². The lowest BCUT2D eigenvalue weighted by atomic mass is 10.1. The third kappa shape index (κ3) is 10.00. The monoisotopic (exact) mass is 518 g/mol. The second-order valence-corrected chi connectivity index (χ2v) is 7.14. The molecule has 0 heterocycles. The molecule has 0 radical (unpaired) electrons. The molecule has 2 N–H and O–H groups in total. The summed E-state index contributed by atoms with van der Waals surface area (Å²) in [5.74, 6) is 1.75. The lowest BCUT2D eigenvalue weighted by Gasteiger charge is -2.20. The van der Waals surface area contributed by atoms with E-state index in [4.69, 9.17) is 14.5 Å². The Kier molecular flexibility index (Phi) is 13.3. The summed E-state index contributed by atoms with van der Waals surface area (Å²) < 4.78 is 11.3. The molecule has 2 rings (SSSR count). The highest BCUT2D eigenvalue weighted by Crippen LogP contribution is 2.25. The van der Waals surface area contributed by atoms with Crippen LogP contribution in [0.3, 0.4) is 0 Å². The Morgan fingerprint density at radius 1 is 1.17 bits per heavy atom. The number of nitrogens with zero attached hydrogens (tertiary/aromatic N) is 2. The molecule has 0 atom stereocenters. The summed E-state index contributed by atoms with van der Waals surface area (Å²) in [6, 6.07) is 7.08. The number of aryl methyl sites for hydroxylation is 1. The van der Waals surface area contributed by atoms with Gasteiger partial charge in [-0.1, -0.05) is 19.1 Å². The van der Waals surface area contributed by atoms with Crippen LogP contribution in [0.2, 0.25) is 0 Å². The number of rotatable bonds is 13. The molecule has 0 aliphatic heterocycles. The van der Waals surface area contributed by atoms with Crippen molar-refractivity contribution in [3.63, 3.8) is 0 Å². The van der Waals surface area contributed by atoms with E-state index in [2.05, 4.69) is 54.5 Å². The summed E-state index contributed by atoms with van der Waals surface area (Å²) in [7, 11) is 0. The number of hydrogen-bond acceptors (Lipinski definition) is 4. The summed E-state index contributed by atoms with van der Waals surface area (Å²) in [4.78, 5) is 7.31. The van der Waals surface area contributed by atoms with Gasteiger partial charge in [0, 0.05) is 37.8 Å². The van der Waals surface area contributed by atoms with Gasteiger partial charge >= 0.3 is 0 Å². The topological polar surface area (TPSA) is 58.1 Å². The Morgan fingerprint density at radius 2 is 1.97 bits per heavy atom. The van der Waals surface area contributed by atoms with Crippen molar-refractivity contribution in [3.05, 3.63) is 29.3 Å². The minimum absolute atomic E-state index is 0. The zero-order valence-corrected chi connectivity index (χ0v) is 20.8. The van der Waals surface area contributed by atoms with Crippen molar-refractivity contribution in [2.24, 2.45) is 4.99 Å². The van der Waals surface area contributed by atoms with Crippen LogP contribution in [-0.2, 0) is 11.3 Å². The predicted molar refractivity (Wildman–Crippen MR) is 132 cm³/mol. The van der Waals surface area contributed by atoms with E-state index in [9.17, 15) is 0 Å². The Balaban J connectivity index is 0.00000420. The van der Waals surface area contributed by atoms with Crippen molar-refractivity contribution >= 4 is 29.9 Å². The van der Waals surface area contributed by atoms with Crippen LogP contribution in [0.15, 0.2) is 23.2 Å². The maximum atomic E-state index is 5.93. The van der Waals surface area contributed by atoms with E-state index in [1.807, 2.05) is 6.92 Å². The molecule has 6 nitrogen and oxygen atoms in total. The Hall–Kier alpha value is -1.06. The van der Waals surface area contributed by atoms with Gasteiger partial charge in [0.1, 0.15) is 12.4 Å². The van der Waals surface area contributed by atoms with E-state index in [0.29, 0.717) is 26.4 Å². The van der Waals surface area contributed by atoms with E-state index in [0.717, 1.165) is 49.5 Å². The molecule has 0 amide bonds.